The first kappa shape index (κ1) is 44.1. The third-order valence-electron chi connectivity index (χ3n) is 14.1. The van der Waals surface area contributed by atoms with E-state index in [-0.39, 0.29) is 42.7 Å². The molecule has 0 unspecified atom stereocenters. The van der Waals surface area contributed by atoms with Gasteiger partial charge in [-0.2, -0.15) is 18.2 Å². The third kappa shape index (κ3) is 9.77. The molecule has 0 spiro atoms. The highest BCUT2D eigenvalue weighted by Gasteiger charge is 2.32. The molecule has 342 valence electrons. The molecule has 9 rings (SSSR count). The Morgan fingerprint density at radius 2 is 1.58 bits per heavy atom. The van der Waals surface area contributed by atoms with Gasteiger partial charge in [-0.3, -0.25) is 33.8 Å². The number of rotatable bonds is 13. The summed E-state index contributed by atoms with van der Waals surface area (Å²) >= 11 is 0. The second-order valence-corrected chi connectivity index (χ2v) is 18.3. The van der Waals surface area contributed by atoms with Crippen LogP contribution < -0.4 is 16.3 Å². The Labute approximate surface area is 370 Å². The predicted octanol–water partition coefficient (Wildman–Crippen LogP) is 5.78. The number of aromatic nitrogens is 5. The van der Waals surface area contributed by atoms with E-state index in [9.17, 15) is 32.7 Å². The van der Waals surface area contributed by atoms with Crippen LogP contribution in [-0.4, -0.2) is 126 Å². The number of likely N-dealkylation sites (tertiary alicyclic amines) is 1. The number of hydrogen-bond donors (Lipinski definition) is 3. The van der Waals surface area contributed by atoms with Gasteiger partial charge in [0, 0.05) is 88.2 Å². The van der Waals surface area contributed by atoms with Crippen molar-refractivity contribution in [1.29, 1.82) is 0 Å². The van der Waals surface area contributed by atoms with Crippen molar-refractivity contribution < 1.29 is 27.9 Å². The van der Waals surface area contributed by atoms with E-state index in [0.717, 1.165) is 106 Å². The molecule has 64 heavy (non-hydrogen) atoms. The number of piperazine rings is 1. The molecule has 2 aromatic carbocycles. The second-order valence-electron chi connectivity index (χ2n) is 18.3. The molecule has 0 bridgehead atoms. The number of benzene rings is 2. The van der Waals surface area contributed by atoms with Crippen LogP contribution in [0.4, 0.5) is 19.1 Å². The van der Waals surface area contributed by atoms with E-state index in [1.54, 1.807) is 17.8 Å². The quantitative estimate of drug-likeness (QED) is 0.125. The summed E-state index contributed by atoms with van der Waals surface area (Å²) in [4.78, 5) is 54.3. The van der Waals surface area contributed by atoms with Gasteiger partial charge < -0.3 is 19.9 Å². The molecule has 1 saturated carbocycles. The standard InChI is InChI=1S/C47H59F3N10O4/c1-55-41-27-31(6-13-39(41)60(46(55)64)40-14-15-42(62)53-44(40)63)3-2-20-56-21-16-34(17-22-56)58-25-23-57(24-26-58)29-32-4-7-33(8-5-32)38-30-59(35-9-11-36(61)12-10-35)43-37(38)28-52-45(54-43)51-19-18-47(48,49)50/h4-8,13,27-28,30,34-36,40,61H,2-3,9-12,14-26,29H2,1H3,(H,51,52,54)(H,53,62,63)/t35-,36-,40-/m0/s1. The van der Waals surface area contributed by atoms with E-state index in [1.807, 2.05) is 6.07 Å². The number of alkyl halides is 3. The highest BCUT2D eigenvalue weighted by Crippen LogP contribution is 2.37. The molecular weight excluding hydrogens is 826 g/mol. The van der Waals surface area contributed by atoms with Crippen LogP contribution >= 0.6 is 0 Å². The number of carbonyl (C=O) groups is 2. The SMILES string of the molecule is Cn1c(=O)n([C@H]2CCC(=O)NC2=O)c2ccc(CCCN3CCC(N4CCN(Cc5ccc(-c6cn([C@H]7CC[C@H](O)CC7)c7nc(NCCC(F)(F)F)ncc67)cc5)CC4)CC3)cc21. The Hall–Kier alpha value is -5.10. The number of amides is 2. The number of imidazole rings is 1. The van der Waals surface area contributed by atoms with Crippen LogP contribution in [0.15, 0.2) is 59.7 Å². The van der Waals surface area contributed by atoms with E-state index < -0.39 is 24.5 Å². The Balaban J connectivity index is 0.742. The highest BCUT2D eigenvalue weighted by molar-refractivity contribution is 6.00. The van der Waals surface area contributed by atoms with E-state index in [4.69, 9.17) is 4.98 Å². The molecule has 17 heteroatoms. The molecule has 4 aliphatic rings. The summed E-state index contributed by atoms with van der Waals surface area (Å²) in [5.74, 6) is -0.538. The fraction of sp³-hybridized carbons (Fsp3) is 0.553. The van der Waals surface area contributed by atoms with Crippen LogP contribution in [-0.2, 0) is 29.6 Å². The first-order chi connectivity index (χ1) is 30.9. The van der Waals surface area contributed by atoms with Gasteiger partial charge in [-0.1, -0.05) is 30.3 Å². The number of aliphatic hydroxyl groups excluding tert-OH is 1. The Bertz CT molecular complexity index is 2510. The van der Waals surface area contributed by atoms with Gasteiger partial charge in [0.1, 0.15) is 11.7 Å². The maximum atomic E-state index is 13.2. The molecule has 4 fully saturated rings. The smallest absolute Gasteiger partial charge is 0.390 e. The topological polar surface area (TPSA) is 146 Å². The Morgan fingerprint density at radius 1 is 0.844 bits per heavy atom. The predicted molar refractivity (Wildman–Crippen MR) is 239 cm³/mol. The van der Waals surface area contributed by atoms with E-state index in [2.05, 4.69) is 77.5 Å². The molecule has 0 radical (unpaired) electrons. The number of halogens is 3. The van der Waals surface area contributed by atoms with Gasteiger partial charge in [0.25, 0.3) is 0 Å². The Morgan fingerprint density at radius 3 is 2.30 bits per heavy atom. The summed E-state index contributed by atoms with van der Waals surface area (Å²) in [5.41, 5.74) is 6.41. The lowest BCUT2D eigenvalue weighted by atomic mass is 9.93. The number of aliphatic hydroxyl groups is 1. The third-order valence-corrected chi connectivity index (χ3v) is 14.1. The largest absolute Gasteiger partial charge is 0.393 e. The first-order valence-electron chi connectivity index (χ1n) is 23.0. The van der Waals surface area contributed by atoms with Gasteiger partial charge in [-0.05, 0) is 106 Å². The van der Waals surface area contributed by atoms with Gasteiger partial charge >= 0.3 is 11.9 Å². The summed E-state index contributed by atoms with van der Waals surface area (Å²) < 4.78 is 43.7. The molecule has 14 nitrogen and oxygen atoms in total. The number of nitrogens with zero attached hydrogens (tertiary/aromatic N) is 8. The Kier molecular flexibility index (Phi) is 12.9. The molecule has 3 N–H and O–H groups in total. The molecule has 3 aromatic heterocycles. The van der Waals surface area contributed by atoms with Crippen molar-refractivity contribution in [3.63, 3.8) is 0 Å². The minimum Gasteiger partial charge on any atom is -0.393 e. The fourth-order valence-corrected chi connectivity index (χ4v) is 10.4. The lowest BCUT2D eigenvalue weighted by Crippen LogP contribution is -2.53. The summed E-state index contributed by atoms with van der Waals surface area (Å²) in [7, 11) is 1.74. The van der Waals surface area contributed by atoms with Crippen molar-refractivity contribution in [3.8, 4) is 11.1 Å². The van der Waals surface area contributed by atoms with Crippen molar-refractivity contribution in [2.45, 2.75) is 108 Å². The van der Waals surface area contributed by atoms with Crippen molar-refractivity contribution in [3.05, 3.63) is 76.5 Å². The summed E-state index contributed by atoms with van der Waals surface area (Å²) in [5, 5.41) is 16.1. The fourth-order valence-electron chi connectivity index (χ4n) is 10.4. The van der Waals surface area contributed by atoms with Crippen LogP contribution in [0.1, 0.15) is 87.4 Å². The molecule has 6 heterocycles. The zero-order valence-electron chi connectivity index (χ0n) is 36.5. The number of anilines is 1. The number of piperidine rings is 2. The van der Waals surface area contributed by atoms with Gasteiger partial charge in [0.05, 0.1) is 23.6 Å². The number of aryl methyl sites for hydroxylation is 2. The average molecular weight is 885 g/mol. The zero-order chi connectivity index (χ0) is 44.5. The second kappa shape index (κ2) is 18.8. The monoisotopic (exact) mass is 884 g/mol. The summed E-state index contributed by atoms with van der Waals surface area (Å²) in [6, 6.07) is 14.8. The van der Waals surface area contributed by atoms with Gasteiger partial charge in [-0.15, -0.1) is 0 Å². The maximum absolute atomic E-state index is 13.2. The van der Waals surface area contributed by atoms with Crippen LogP contribution in [0.3, 0.4) is 0 Å². The van der Waals surface area contributed by atoms with Crippen molar-refractivity contribution in [1.82, 2.24) is 43.7 Å². The first-order valence-corrected chi connectivity index (χ1v) is 23.0. The van der Waals surface area contributed by atoms with Crippen LogP contribution in [0.25, 0.3) is 33.2 Å². The summed E-state index contributed by atoms with van der Waals surface area (Å²) in [6.07, 6.45) is 6.10. The molecule has 5 aromatic rings. The normalized spacial score (nSPS) is 22.4. The molecule has 3 saturated heterocycles. The minimum atomic E-state index is -4.26. The zero-order valence-corrected chi connectivity index (χ0v) is 36.5. The van der Waals surface area contributed by atoms with Crippen molar-refractivity contribution >= 4 is 39.8 Å². The number of nitrogens with one attached hydrogen (secondary N) is 2. The molecule has 1 aliphatic carbocycles. The number of carbonyl (C=O) groups excluding carboxylic acids is 2. The van der Waals surface area contributed by atoms with E-state index in [0.29, 0.717) is 31.0 Å². The molecule has 3 aliphatic heterocycles. The van der Waals surface area contributed by atoms with Crippen LogP contribution in [0, 0.1) is 0 Å². The highest BCUT2D eigenvalue weighted by atomic mass is 19.4. The van der Waals surface area contributed by atoms with Crippen LogP contribution in [0.5, 0.6) is 0 Å². The van der Waals surface area contributed by atoms with E-state index >= 15 is 0 Å². The number of imide groups is 1. The van der Waals surface area contributed by atoms with Crippen molar-refractivity contribution in [2.75, 3.05) is 57.7 Å². The van der Waals surface area contributed by atoms with Crippen molar-refractivity contribution in [2.24, 2.45) is 7.05 Å². The van der Waals surface area contributed by atoms with Gasteiger partial charge in [-0.25, -0.2) is 9.78 Å². The van der Waals surface area contributed by atoms with Gasteiger partial charge in [0.2, 0.25) is 17.8 Å². The van der Waals surface area contributed by atoms with Crippen LogP contribution in [0.2, 0.25) is 0 Å². The molecule has 2 amide bonds. The lowest BCUT2D eigenvalue weighted by molar-refractivity contribution is -0.136. The number of hydrogen-bond acceptors (Lipinski definition) is 10. The average Bonchev–Trinajstić information content (AvgIpc) is 3.78. The molecular formula is C47H59F3N10O4. The minimum absolute atomic E-state index is 0.137. The molecule has 1 atom stereocenters. The van der Waals surface area contributed by atoms with Gasteiger partial charge in [0.15, 0.2) is 0 Å². The van der Waals surface area contributed by atoms with E-state index in [1.165, 1.54) is 28.5 Å². The maximum Gasteiger partial charge on any atom is 0.390 e. The lowest BCUT2D eigenvalue weighted by Gasteiger charge is -2.43. The number of fused-ring (bicyclic) bond motifs is 2. The summed E-state index contributed by atoms with van der Waals surface area (Å²) in [6.45, 7) is 7.96.